The molecule has 0 atom stereocenters. The van der Waals surface area contributed by atoms with E-state index in [4.69, 9.17) is 11.6 Å². The van der Waals surface area contributed by atoms with Crippen LogP contribution >= 0.6 is 11.6 Å². The van der Waals surface area contributed by atoms with E-state index in [2.05, 4.69) is 6.92 Å². The summed E-state index contributed by atoms with van der Waals surface area (Å²) in [4.78, 5) is 0. The highest BCUT2D eigenvalue weighted by Crippen LogP contribution is 2.41. The van der Waals surface area contributed by atoms with Gasteiger partial charge in [0.15, 0.2) is 0 Å². The smallest absolute Gasteiger partial charge is 0.129 e. The summed E-state index contributed by atoms with van der Waals surface area (Å²) in [6.07, 6.45) is 27.0. The largest absolute Gasteiger partial charge is 0.207 e. The molecular weight excluding hydrogens is 530 g/mol. The summed E-state index contributed by atoms with van der Waals surface area (Å²) in [5.41, 5.74) is 2.12. The van der Waals surface area contributed by atoms with Crippen molar-refractivity contribution in [3.8, 4) is 0 Å². The van der Waals surface area contributed by atoms with Crippen molar-refractivity contribution in [3.05, 3.63) is 69.7 Å². The minimum atomic E-state index is -0.380. The molecule has 2 aromatic rings. The normalized spacial score (nSPS) is 23.1. The number of hydrogen-bond acceptors (Lipinski definition) is 0. The number of aryl methyl sites for hydroxylation is 1. The molecule has 2 aliphatic rings. The van der Waals surface area contributed by atoms with Crippen LogP contribution in [0.1, 0.15) is 152 Å². The van der Waals surface area contributed by atoms with E-state index >= 15 is 0 Å². The second kappa shape index (κ2) is 17.6. The fourth-order valence-corrected chi connectivity index (χ4v) is 7.78. The Hall–Kier alpha value is -1.41. The molecular formula is C38H55ClF2. The van der Waals surface area contributed by atoms with Crippen LogP contribution in [-0.2, 0) is 12.8 Å². The summed E-state index contributed by atoms with van der Waals surface area (Å²) < 4.78 is 29.9. The lowest BCUT2D eigenvalue weighted by Gasteiger charge is -2.32. The fraction of sp³-hybridized carbons (Fsp3) is 0.684. The maximum atomic E-state index is 15.0. The predicted molar refractivity (Wildman–Crippen MR) is 172 cm³/mol. The molecule has 0 bridgehead atoms. The molecule has 4 rings (SSSR count). The summed E-state index contributed by atoms with van der Waals surface area (Å²) >= 11 is 5.95. The Morgan fingerprint density at radius 3 is 1.66 bits per heavy atom. The molecule has 0 amide bonds. The Balaban J connectivity index is 1.10. The van der Waals surface area contributed by atoms with Crippen LogP contribution in [-0.4, -0.2) is 0 Å². The van der Waals surface area contributed by atoms with Crippen molar-refractivity contribution < 1.29 is 8.78 Å². The van der Waals surface area contributed by atoms with Crippen molar-refractivity contribution in [1.82, 2.24) is 0 Å². The molecule has 0 aliphatic heterocycles. The van der Waals surface area contributed by atoms with E-state index in [9.17, 15) is 8.78 Å². The molecule has 2 fully saturated rings. The van der Waals surface area contributed by atoms with Gasteiger partial charge in [0.05, 0.1) is 0 Å². The number of halogens is 3. The number of unbranched alkanes of at least 4 members (excludes halogenated alkanes) is 7. The summed E-state index contributed by atoms with van der Waals surface area (Å²) in [6.45, 7) is 2.29. The average Bonchev–Trinajstić information content (AvgIpc) is 2.99. The molecule has 2 aromatic carbocycles. The predicted octanol–water partition coefficient (Wildman–Crippen LogP) is 12.8. The zero-order valence-corrected chi connectivity index (χ0v) is 26.5. The topological polar surface area (TPSA) is 0 Å². The zero-order valence-electron chi connectivity index (χ0n) is 25.8. The Labute approximate surface area is 255 Å². The van der Waals surface area contributed by atoms with Gasteiger partial charge in [-0.25, -0.2) is 8.78 Å². The third-order valence-corrected chi connectivity index (χ3v) is 10.7. The number of rotatable bonds is 16. The van der Waals surface area contributed by atoms with Crippen LogP contribution in [0.2, 0.25) is 5.02 Å². The minimum absolute atomic E-state index is 0.213. The SMILES string of the molecule is CCCCCCCCCC[C@H]1CC[C@H](CC[C@H]2CC[C@H](c3cc(F)c(CCc4ccc(Cl)cc4)c(F)c3)CC2)CC1. The standard InChI is InChI=1S/C38H55ClF2/c1-2-3-4-5-6-7-8-9-10-29-11-13-30(14-12-29)15-16-31-17-22-33(23-18-31)34-27-37(40)36(38(41)28-34)26-21-32-19-24-35(39)25-20-32/h19-20,24-25,27-31,33H,2-18,21-23,26H2,1H3/t29-,30-,31-,33-. The lowest BCUT2D eigenvalue weighted by molar-refractivity contribution is 0.222. The summed E-state index contributed by atoms with van der Waals surface area (Å²) in [5, 5.41) is 0.678. The van der Waals surface area contributed by atoms with E-state index in [1.165, 1.54) is 109 Å². The van der Waals surface area contributed by atoms with Gasteiger partial charge in [-0.05, 0) is 97.6 Å². The van der Waals surface area contributed by atoms with Gasteiger partial charge in [0.25, 0.3) is 0 Å². The monoisotopic (exact) mass is 584 g/mol. The van der Waals surface area contributed by atoms with Crippen molar-refractivity contribution >= 4 is 11.6 Å². The molecule has 0 saturated heterocycles. The highest BCUT2D eigenvalue weighted by molar-refractivity contribution is 6.30. The molecule has 41 heavy (non-hydrogen) atoms. The number of benzene rings is 2. The van der Waals surface area contributed by atoms with Crippen LogP contribution in [0.15, 0.2) is 36.4 Å². The Kier molecular flexibility index (Phi) is 14.0. The zero-order chi connectivity index (χ0) is 28.9. The van der Waals surface area contributed by atoms with Gasteiger partial charge in [-0.3, -0.25) is 0 Å². The Morgan fingerprint density at radius 1 is 0.610 bits per heavy atom. The molecule has 0 N–H and O–H groups in total. The second-order valence-corrected chi connectivity index (χ2v) is 14.0. The molecule has 2 aliphatic carbocycles. The maximum Gasteiger partial charge on any atom is 0.129 e. The van der Waals surface area contributed by atoms with Gasteiger partial charge in [-0.1, -0.05) is 127 Å². The molecule has 0 unspecified atom stereocenters. The van der Waals surface area contributed by atoms with Crippen LogP contribution in [0.25, 0.3) is 0 Å². The van der Waals surface area contributed by atoms with E-state index in [1.54, 1.807) is 12.1 Å². The van der Waals surface area contributed by atoms with Gasteiger partial charge in [0.2, 0.25) is 0 Å². The lowest BCUT2D eigenvalue weighted by atomic mass is 9.74. The van der Waals surface area contributed by atoms with Crippen LogP contribution in [0, 0.1) is 29.4 Å². The lowest BCUT2D eigenvalue weighted by Crippen LogP contribution is -2.18. The second-order valence-electron chi connectivity index (χ2n) is 13.5. The third-order valence-electron chi connectivity index (χ3n) is 10.5. The van der Waals surface area contributed by atoms with Gasteiger partial charge < -0.3 is 0 Å². The molecule has 0 heterocycles. The molecule has 0 nitrogen and oxygen atoms in total. The first-order chi connectivity index (χ1) is 20.0. The first-order valence-corrected chi connectivity index (χ1v) is 17.6. The molecule has 2 saturated carbocycles. The first-order valence-electron chi connectivity index (χ1n) is 17.2. The number of hydrogen-bond donors (Lipinski definition) is 0. The summed E-state index contributed by atoms with van der Waals surface area (Å²) in [7, 11) is 0. The molecule has 228 valence electrons. The van der Waals surface area contributed by atoms with Gasteiger partial charge in [-0.2, -0.15) is 0 Å². The third kappa shape index (κ3) is 11.0. The van der Waals surface area contributed by atoms with Gasteiger partial charge in [0, 0.05) is 10.6 Å². The Morgan fingerprint density at radius 2 is 1.10 bits per heavy atom. The van der Waals surface area contributed by atoms with E-state index < -0.39 is 0 Å². The highest BCUT2D eigenvalue weighted by Gasteiger charge is 2.26. The van der Waals surface area contributed by atoms with Crippen molar-refractivity contribution in [3.63, 3.8) is 0 Å². The summed E-state index contributed by atoms with van der Waals surface area (Å²) in [5.74, 6) is 2.27. The molecule has 0 radical (unpaired) electrons. The van der Waals surface area contributed by atoms with Crippen LogP contribution in [0.5, 0.6) is 0 Å². The van der Waals surface area contributed by atoms with E-state index in [0.29, 0.717) is 23.8 Å². The molecule has 0 spiro atoms. The summed E-state index contributed by atoms with van der Waals surface area (Å²) in [6, 6.07) is 10.7. The highest BCUT2D eigenvalue weighted by atomic mass is 35.5. The van der Waals surface area contributed by atoms with Crippen LogP contribution in [0.3, 0.4) is 0 Å². The van der Waals surface area contributed by atoms with Crippen LogP contribution in [0.4, 0.5) is 8.78 Å². The Bertz CT molecular complexity index is 976. The van der Waals surface area contributed by atoms with E-state index in [0.717, 1.165) is 41.7 Å². The van der Waals surface area contributed by atoms with Crippen molar-refractivity contribution in [2.75, 3.05) is 0 Å². The van der Waals surface area contributed by atoms with Gasteiger partial charge in [-0.15, -0.1) is 0 Å². The van der Waals surface area contributed by atoms with Gasteiger partial charge >= 0.3 is 0 Å². The van der Waals surface area contributed by atoms with Crippen molar-refractivity contribution in [1.29, 1.82) is 0 Å². The van der Waals surface area contributed by atoms with E-state index in [-0.39, 0.29) is 17.2 Å². The average molecular weight is 585 g/mol. The maximum absolute atomic E-state index is 15.0. The van der Waals surface area contributed by atoms with Crippen molar-refractivity contribution in [2.45, 2.75) is 148 Å². The van der Waals surface area contributed by atoms with E-state index in [1.807, 2.05) is 24.3 Å². The van der Waals surface area contributed by atoms with Crippen LogP contribution < -0.4 is 0 Å². The van der Waals surface area contributed by atoms with Crippen molar-refractivity contribution in [2.24, 2.45) is 17.8 Å². The minimum Gasteiger partial charge on any atom is -0.207 e. The molecule has 3 heteroatoms. The fourth-order valence-electron chi connectivity index (χ4n) is 7.65. The first kappa shape index (κ1) is 32.5. The van der Waals surface area contributed by atoms with Gasteiger partial charge in [0.1, 0.15) is 11.6 Å². The quantitative estimate of drug-likeness (QED) is 0.172. The molecule has 0 aromatic heterocycles.